The fourth-order valence-electron chi connectivity index (χ4n) is 6.04. The maximum absolute atomic E-state index is 12.9. The molecule has 0 spiro atoms. The number of anilines is 2. The van der Waals surface area contributed by atoms with Crippen molar-refractivity contribution in [1.82, 2.24) is 20.1 Å². The number of hydrogen-bond acceptors (Lipinski definition) is 7. The van der Waals surface area contributed by atoms with E-state index < -0.39 is 18.2 Å². The van der Waals surface area contributed by atoms with E-state index in [1.807, 2.05) is 12.1 Å². The predicted molar refractivity (Wildman–Crippen MR) is 155 cm³/mol. The third-order valence-corrected chi connectivity index (χ3v) is 8.18. The van der Waals surface area contributed by atoms with E-state index in [0.717, 1.165) is 63.4 Å². The first-order valence-corrected chi connectivity index (χ1v) is 14.8. The van der Waals surface area contributed by atoms with Crippen LogP contribution in [0.2, 0.25) is 0 Å². The van der Waals surface area contributed by atoms with Crippen molar-refractivity contribution in [1.29, 1.82) is 0 Å². The minimum absolute atomic E-state index is 0.0816. The van der Waals surface area contributed by atoms with Gasteiger partial charge in [0.25, 0.3) is 6.01 Å². The number of rotatable bonds is 8. The van der Waals surface area contributed by atoms with Gasteiger partial charge in [0.2, 0.25) is 0 Å². The van der Waals surface area contributed by atoms with E-state index in [2.05, 4.69) is 30.4 Å². The van der Waals surface area contributed by atoms with E-state index in [-0.39, 0.29) is 23.9 Å². The smallest absolute Gasteiger partial charge is 0.424 e. The molecule has 3 heterocycles. The Morgan fingerprint density at radius 3 is 2.22 bits per heavy atom. The second-order valence-corrected chi connectivity index (χ2v) is 11.4. The molecule has 3 unspecified atom stereocenters. The van der Waals surface area contributed by atoms with E-state index in [1.165, 1.54) is 35.1 Å². The number of halogens is 6. The molecule has 14 heteroatoms. The Morgan fingerprint density at radius 1 is 0.822 bits per heavy atom. The Balaban J connectivity index is 1.05. The number of oxazole rings is 1. The van der Waals surface area contributed by atoms with E-state index in [0.29, 0.717) is 23.0 Å². The third-order valence-electron chi connectivity index (χ3n) is 8.18. The summed E-state index contributed by atoms with van der Waals surface area (Å²) in [5, 5.41) is 10.9. The zero-order valence-corrected chi connectivity index (χ0v) is 24.1. The molecular formula is C31H32F6N6O2. The highest BCUT2D eigenvalue weighted by Crippen LogP contribution is 2.31. The highest BCUT2D eigenvalue weighted by atomic mass is 19.4. The molecule has 240 valence electrons. The van der Waals surface area contributed by atoms with Crippen molar-refractivity contribution in [2.75, 3.05) is 23.3 Å². The molecular weight excluding hydrogens is 602 g/mol. The fourth-order valence-corrected chi connectivity index (χ4v) is 6.04. The van der Waals surface area contributed by atoms with Crippen LogP contribution in [0.15, 0.2) is 71.4 Å². The Kier molecular flexibility index (Phi) is 8.67. The molecule has 4 aromatic rings. The van der Waals surface area contributed by atoms with Crippen molar-refractivity contribution < 1.29 is 35.5 Å². The first-order chi connectivity index (χ1) is 21.5. The molecule has 0 amide bonds. The summed E-state index contributed by atoms with van der Waals surface area (Å²) in [6.45, 7) is 1.67. The Morgan fingerprint density at radius 2 is 1.53 bits per heavy atom. The molecule has 8 nitrogen and oxygen atoms in total. The highest BCUT2D eigenvalue weighted by molar-refractivity contribution is 5.58. The van der Waals surface area contributed by atoms with Crippen molar-refractivity contribution in [3.8, 4) is 22.8 Å². The van der Waals surface area contributed by atoms with Gasteiger partial charge in [0.15, 0.2) is 11.5 Å². The largest absolute Gasteiger partial charge is 0.573 e. The maximum Gasteiger partial charge on any atom is 0.573 e. The molecule has 45 heavy (non-hydrogen) atoms. The van der Waals surface area contributed by atoms with Crippen LogP contribution in [-0.4, -0.2) is 52.3 Å². The summed E-state index contributed by atoms with van der Waals surface area (Å²) in [6.07, 6.45) is -0.306. The molecule has 2 aromatic heterocycles. The number of piperidine rings is 1. The second-order valence-electron chi connectivity index (χ2n) is 11.4. The maximum atomic E-state index is 12.9. The summed E-state index contributed by atoms with van der Waals surface area (Å²) in [4.78, 5) is 6.64. The van der Waals surface area contributed by atoms with Gasteiger partial charge < -0.3 is 24.7 Å². The number of nitrogens with one attached hydrogen (secondary N) is 2. The minimum atomic E-state index is -4.76. The van der Waals surface area contributed by atoms with Crippen LogP contribution < -0.4 is 20.3 Å². The molecule has 1 aliphatic carbocycles. The molecule has 0 radical (unpaired) electrons. The number of hydrogen-bond donors (Lipinski definition) is 2. The van der Waals surface area contributed by atoms with Crippen LogP contribution in [0.4, 0.5) is 38.0 Å². The van der Waals surface area contributed by atoms with Crippen molar-refractivity contribution >= 4 is 11.7 Å². The van der Waals surface area contributed by atoms with Gasteiger partial charge in [-0.2, -0.15) is 18.3 Å². The molecule has 2 aliphatic rings. The summed E-state index contributed by atoms with van der Waals surface area (Å²) in [5.74, 6) is 0.120. The average Bonchev–Trinajstić information content (AvgIpc) is 3.69. The quantitative estimate of drug-likeness (QED) is 0.195. The van der Waals surface area contributed by atoms with Crippen LogP contribution in [0.1, 0.15) is 44.2 Å². The Hall–Kier alpha value is -4.20. The van der Waals surface area contributed by atoms with E-state index >= 15 is 0 Å². The van der Waals surface area contributed by atoms with Crippen molar-refractivity contribution in [3.63, 3.8) is 0 Å². The lowest BCUT2D eigenvalue weighted by molar-refractivity contribution is -0.274. The number of nitrogens with zero attached hydrogens (tertiary/aromatic N) is 4. The molecule has 0 bridgehead atoms. The third kappa shape index (κ3) is 7.72. The van der Waals surface area contributed by atoms with Gasteiger partial charge >= 0.3 is 12.5 Å². The van der Waals surface area contributed by atoms with E-state index in [9.17, 15) is 26.3 Å². The van der Waals surface area contributed by atoms with Gasteiger partial charge in [0.1, 0.15) is 5.75 Å². The van der Waals surface area contributed by atoms with Crippen molar-refractivity contribution in [2.45, 2.75) is 69.2 Å². The van der Waals surface area contributed by atoms with Gasteiger partial charge in [-0.05, 0) is 80.3 Å². The SMILES string of the molecule is FC(F)(F)Oc1ccc(-c2cnc(NC3CCCCC3NC3CCCN(c4ccc(-n5ccc(C(F)(F)F)n5)cc4)C3)o2)cc1. The number of benzene rings is 2. The first kappa shape index (κ1) is 30.8. The Labute approximate surface area is 255 Å². The summed E-state index contributed by atoms with van der Waals surface area (Å²) in [5.41, 5.74) is 1.20. The molecule has 1 aliphatic heterocycles. The van der Waals surface area contributed by atoms with Crippen LogP contribution in [0.5, 0.6) is 5.75 Å². The summed E-state index contributed by atoms with van der Waals surface area (Å²) in [7, 11) is 0. The standard InChI is InChI=1S/C31H32F6N6O2/c32-30(33,34)28-15-17-43(41-28)23-11-9-22(10-12-23)42-16-3-4-21(19-42)39-25-5-1-2-6-26(25)40-29-38-18-27(44-29)20-7-13-24(14-8-20)45-31(35,36)37/h7-15,17-18,21,25-26,39H,1-6,16,19H2,(H,38,40). The van der Waals surface area contributed by atoms with Gasteiger partial charge in [-0.15, -0.1) is 13.2 Å². The molecule has 1 saturated carbocycles. The summed E-state index contributed by atoms with van der Waals surface area (Å²) >= 11 is 0. The lowest BCUT2D eigenvalue weighted by Gasteiger charge is -2.40. The fraction of sp³-hybridized carbons (Fsp3) is 0.419. The molecule has 2 N–H and O–H groups in total. The van der Waals surface area contributed by atoms with Crippen LogP contribution >= 0.6 is 0 Å². The minimum Gasteiger partial charge on any atom is -0.424 e. The zero-order chi connectivity index (χ0) is 31.6. The van der Waals surface area contributed by atoms with Gasteiger partial charge in [0, 0.05) is 48.7 Å². The predicted octanol–water partition coefficient (Wildman–Crippen LogP) is 7.43. The zero-order valence-electron chi connectivity index (χ0n) is 24.1. The van der Waals surface area contributed by atoms with Crippen molar-refractivity contribution in [3.05, 3.63) is 72.7 Å². The molecule has 2 fully saturated rings. The lowest BCUT2D eigenvalue weighted by Crippen LogP contribution is -2.54. The lowest BCUT2D eigenvalue weighted by atomic mass is 9.89. The van der Waals surface area contributed by atoms with Crippen molar-refractivity contribution in [2.24, 2.45) is 0 Å². The highest BCUT2D eigenvalue weighted by Gasteiger charge is 2.34. The monoisotopic (exact) mass is 634 g/mol. The first-order valence-electron chi connectivity index (χ1n) is 14.8. The normalized spacial score (nSPS) is 21.1. The van der Waals surface area contributed by atoms with Crippen LogP contribution in [-0.2, 0) is 6.18 Å². The topological polar surface area (TPSA) is 80.4 Å². The van der Waals surface area contributed by atoms with E-state index in [1.54, 1.807) is 18.3 Å². The second kappa shape index (κ2) is 12.7. The van der Waals surface area contributed by atoms with Gasteiger partial charge in [-0.3, -0.25) is 0 Å². The van der Waals surface area contributed by atoms with Gasteiger partial charge in [0.05, 0.1) is 11.9 Å². The molecule has 2 aromatic carbocycles. The summed E-state index contributed by atoms with van der Waals surface area (Å²) < 4.78 is 87.3. The van der Waals surface area contributed by atoms with Crippen LogP contribution in [0, 0.1) is 0 Å². The van der Waals surface area contributed by atoms with Crippen LogP contribution in [0.3, 0.4) is 0 Å². The average molecular weight is 635 g/mol. The van der Waals surface area contributed by atoms with Gasteiger partial charge in [-0.25, -0.2) is 9.67 Å². The van der Waals surface area contributed by atoms with Crippen LogP contribution in [0.25, 0.3) is 17.0 Å². The number of ether oxygens (including phenoxy) is 1. The Bertz CT molecular complexity index is 1550. The number of aromatic nitrogens is 3. The molecule has 1 saturated heterocycles. The van der Waals surface area contributed by atoms with E-state index in [4.69, 9.17) is 4.42 Å². The molecule has 3 atom stereocenters. The summed E-state index contributed by atoms with van der Waals surface area (Å²) in [6, 6.07) is 14.6. The molecule has 6 rings (SSSR count). The van der Waals surface area contributed by atoms with Gasteiger partial charge in [-0.1, -0.05) is 12.8 Å². The number of alkyl halides is 6.